The second-order valence-corrected chi connectivity index (χ2v) is 6.71. The van der Waals surface area contributed by atoms with Gasteiger partial charge in [0.15, 0.2) is 0 Å². The van der Waals surface area contributed by atoms with Gasteiger partial charge >= 0.3 is 23.9 Å². The van der Waals surface area contributed by atoms with E-state index in [0.717, 1.165) is 0 Å². The molecule has 1 unspecified atom stereocenters. The van der Waals surface area contributed by atoms with Crippen LogP contribution in [0.2, 0.25) is 0 Å². The molecular formula is C19H24N2O7. The van der Waals surface area contributed by atoms with E-state index in [1.54, 1.807) is 20.8 Å². The molecule has 1 aromatic carbocycles. The number of ether oxygens (including phenoxy) is 2. The molecule has 1 fully saturated rings. The fourth-order valence-electron chi connectivity index (χ4n) is 2.88. The first-order chi connectivity index (χ1) is 13.2. The van der Waals surface area contributed by atoms with Gasteiger partial charge in [0, 0.05) is 18.8 Å². The lowest BCUT2D eigenvalue weighted by Crippen LogP contribution is -2.37. The van der Waals surface area contributed by atoms with Crippen molar-refractivity contribution in [2.45, 2.75) is 27.2 Å². The first-order valence-corrected chi connectivity index (χ1v) is 8.99. The summed E-state index contributed by atoms with van der Waals surface area (Å²) in [6.45, 7) is 5.57. The van der Waals surface area contributed by atoms with Crippen molar-refractivity contribution in [1.29, 1.82) is 0 Å². The molecule has 9 heteroatoms. The summed E-state index contributed by atoms with van der Waals surface area (Å²) in [4.78, 5) is 49.4. The van der Waals surface area contributed by atoms with Gasteiger partial charge in [0.2, 0.25) is 0 Å². The van der Waals surface area contributed by atoms with E-state index in [-0.39, 0.29) is 43.1 Å². The molecule has 0 radical (unpaired) electrons. The van der Waals surface area contributed by atoms with Crippen LogP contribution >= 0.6 is 0 Å². The number of nitrogens with one attached hydrogen (secondary N) is 1. The fraction of sp³-hybridized carbons (Fsp3) is 0.474. The summed E-state index contributed by atoms with van der Waals surface area (Å²) in [7, 11) is 0. The van der Waals surface area contributed by atoms with Crippen LogP contribution in [0.1, 0.15) is 47.9 Å². The van der Waals surface area contributed by atoms with Crippen LogP contribution in [-0.2, 0) is 14.3 Å². The number of esters is 2. The molecule has 0 spiro atoms. The summed E-state index contributed by atoms with van der Waals surface area (Å²) in [5, 5.41) is 11.9. The highest BCUT2D eigenvalue weighted by atomic mass is 16.5. The molecule has 1 saturated heterocycles. The molecule has 1 aromatic rings. The lowest BCUT2D eigenvalue weighted by atomic mass is 9.90. The lowest BCUT2D eigenvalue weighted by Gasteiger charge is -2.21. The van der Waals surface area contributed by atoms with E-state index in [9.17, 15) is 24.3 Å². The monoisotopic (exact) mass is 392 g/mol. The maximum absolute atomic E-state index is 12.5. The molecular weight excluding hydrogens is 368 g/mol. The molecule has 152 valence electrons. The van der Waals surface area contributed by atoms with Crippen molar-refractivity contribution in [1.82, 2.24) is 4.90 Å². The second-order valence-electron chi connectivity index (χ2n) is 6.71. The number of aliphatic carboxylic acids is 1. The van der Waals surface area contributed by atoms with Gasteiger partial charge in [-0.2, -0.15) is 0 Å². The normalized spacial score (nSPS) is 18.5. The van der Waals surface area contributed by atoms with Crippen molar-refractivity contribution in [3.8, 4) is 0 Å². The van der Waals surface area contributed by atoms with Crippen LogP contribution in [0.25, 0.3) is 0 Å². The van der Waals surface area contributed by atoms with Crippen LogP contribution in [0, 0.1) is 5.41 Å². The van der Waals surface area contributed by atoms with E-state index in [0.29, 0.717) is 6.42 Å². The van der Waals surface area contributed by atoms with E-state index in [2.05, 4.69) is 5.32 Å². The third-order valence-corrected chi connectivity index (χ3v) is 4.48. The number of likely N-dealkylation sites (tertiary alicyclic amines) is 1. The van der Waals surface area contributed by atoms with Crippen molar-refractivity contribution in [2.75, 3.05) is 31.6 Å². The summed E-state index contributed by atoms with van der Waals surface area (Å²) in [6, 6.07) is 3.61. The minimum Gasteiger partial charge on any atom is -0.481 e. The lowest BCUT2D eigenvalue weighted by molar-refractivity contribution is -0.147. The predicted octanol–water partition coefficient (Wildman–Crippen LogP) is 2.37. The number of carbonyl (C=O) groups is 4. The quantitative estimate of drug-likeness (QED) is 0.713. The maximum Gasteiger partial charge on any atom is 0.338 e. The largest absolute Gasteiger partial charge is 0.481 e. The fourth-order valence-corrected chi connectivity index (χ4v) is 2.88. The van der Waals surface area contributed by atoms with Crippen molar-refractivity contribution in [3.05, 3.63) is 29.3 Å². The SMILES string of the molecule is CCOC(=O)c1cc(NC(=O)N2CCC(C)(C(=O)O)C2)cc(C(=O)OCC)c1. The Morgan fingerprint density at radius 1 is 1.07 bits per heavy atom. The molecule has 28 heavy (non-hydrogen) atoms. The molecule has 9 nitrogen and oxygen atoms in total. The van der Waals surface area contributed by atoms with Gasteiger partial charge in [-0.3, -0.25) is 4.79 Å². The Kier molecular flexibility index (Phi) is 6.61. The minimum atomic E-state index is -1.000. The van der Waals surface area contributed by atoms with Crippen LogP contribution in [0.4, 0.5) is 10.5 Å². The van der Waals surface area contributed by atoms with Gasteiger partial charge in [-0.1, -0.05) is 0 Å². The number of amides is 2. The van der Waals surface area contributed by atoms with Crippen LogP contribution in [0.3, 0.4) is 0 Å². The number of urea groups is 1. The Bertz CT molecular complexity index is 756. The van der Waals surface area contributed by atoms with Crippen LogP contribution in [0.15, 0.2) is 18.2 Å². The van der Waals surface area contributed by atoms with Gasteiger partial charge in [0.1, 0.15) is 0 Å². The standard InChI is InChI=1S/C19H24N2O7/c1-4-27-15(22)12-8-13(16(23)28-5-2)10-14(9-12)20-18(26)21-7-6-19(3,11-21)17(24)25/h8-10H,4-7,11H2,1-3H3,(H,20,26)(H,24,25). The van der Waals surface area contributed by atoms with Crippen molar-refractivity contribution in [2.24, 2.45) is 5.41 Å². The summed E-state index contributed by atoms with van der Waals surface area (Å²) in [5.74, 6) is -2.23. The van der Waals surface area contributed by atoms with Crippen molar-refractivity contribution >= 4 is 29.6 Å². The summed E-state index contributed by atoms with van der Waals surface area (Å²) >= 11 is 0. The summed E-state index contributed by atoms with van der Waals surface area (Å²) < 4.78 is 9.91. The molecule has 1 aliphatic heterocycles. The molecule has 0 saturated carbocycles. The molecule has 2 N–H and O–H groups in total. The van der Waals surface area contributed by atoms with Gasteiger partial charge in [0.25, 0.3) is 0 Å². The zero-order valence-electron chi connectivity index (χ0n) is 16.1. The molecule has 2 amide bonds. The number of hydrogen-bond acceptors (Lipinski definition) is 6. The average Bonchev–Trinajstić information content (AvgIpc) is 3.06. The van der Waals surface area contributed by atoms with Gasteiger partial charge in [0.05, 0.1) is 29.8 Å². The highest BCUT2D eigenvalue weighted by molar-refractivity contribution is 5.99. The van der Waals surface area contributed by atoms with Gasteiger partial charge < -0.3 is 24.8 Å². The number of carboxylic acids is 1. The number of rotatable bonds is 6. The smallest absolute Gasteiger partial charge is 0.338 e. The zero-order valence-corrected chi connectivity index (χ0v) is 16.1. The third kappa shape index (κ3) is 4.79. The maximum atomic E-state index is 12.5. The molecule has 1 atom stereocenters. The molecule has 2 rings (SSSR count). The zero-order chi connectivity index (χ0) is 20.9. The molecule has 0 aliphatic carbocycles. The highest BCUT2D eigenvalue weighted by Gasteiger charge is 2.42. The Morgan fingerprint density at radius 3 is 2.04 bits per heavy atom. The predicted molar refractivity (Wildman–Crippen MR) is 99.3 cm³/mol. The number of nitrogens with zero attached hydrogens (tertiary/aromatic N) is 1. The summed E-state index contributed by atoms with van der Waals surface area (Å²) in [6.07, 6.45) is 0.340. The Labute approximate surface area is 162 Å². The van der Waals surface area contributed by atoms with E-state index < -0.39 is 29.4 Å². The number of hydrogen-bond donors (Lipinski definition) is 2. The van der Waals surface area contributed by atoms with Crippen LogP contribution < -0.4 is 5.32 Å². The topological polar surface area (TPSA) is 122 Å². The first kappa shape index (κ1) is 21.2. The first-order valence-electron chi connectivity index (χ1n) is 8.99. The molecule has 0 bridgehead atoms. The molecule has 1 aliphatic rings. The average molecular weight is 392 g/mol. The number of carboxylic acid groups (broad SMARTS) is 1. The number of carbonyl (C=O) groups excluding carboxylic acids is 3. The molecule has 1 heterocycles. The van der Waals surface area contributed by atoms with E-state index in [4.69, 9.17) is 9.47 Å². The van der Waals surface area contributed by atoms with Crippen LogP contribution in [0.5, 0.6) is 0 Å². The van der Waals surface area contributed by atoms with Crippen molar-refractivity contribution < 1.29 is 33.8 Å². The van der Waals surface area contributed by atoms with E-state index in [1.165, 1.54) is 23.1 Å². The summed E-state index contributed by atoms with van der Waals surface area (Å²) in [5.41, 5.74) is -0.596. The van der Waals surface area contributed by atoms with Crippen molar-refractivity contribution in [3.63, 3.8) is 0 Å². The Hall–Kier alpha value is -3.10. The Morgan fingerprint density at radius 2 is 1.61 bits per heavy atom. The van der Waals surface area contributed by atoms with E-state index in [1.807, 2.05) is 0 Å². The van der Waals surface area contributed by atoms with Crippen LogP contribution in [-0.4, -0.2) is 60.2 Å². The molecule has 0 aromatic heterocycles. The van der Waals surface area contributed by atoms with E-state index >= 15 is 0 Å². The van der Waals surface area contributed by atoms with Gasteiger partial charge in [-0.25, -0.2) is 14.4 Å². The van der Waals surface area contributed by atoms with Gasteiger partial charge in [-0.15, -0.1) is 0 Å². The Balaban J connectivity index is 2.23. The minimum absolute atomic E-state index is 0.0659. The second kappa shape index (κ2) is 8.73. The number of benzene rings is 1. The van der Waals surface area contributed by atoms with Gasteiger partial charge in [-0.05, 0) is 45.4 Å². The highest BCUT2D eigenvalue weighted by Crippen LogP contribution is 2.30. The number of anilines is 1. The third-order valence-electron chi connectivity index (χ3n) is 4.48.